The van der Waals surface area contributed by atoms with Crippen molar-refractivity contribution in [2.45, 2.75) is 38.3 Å². The van der Waals surface area contributed by atoms with Gasteiger partial charge in [0.05, 0.1) is 6.04 Å². The summed E-state index contributed by atoms with van der Waals surface area (Å²) in [6, 6.07) is 4.36. The summed E-state index contributed by atoms with van der Waals surface area (Å²) in [5.74, 6) is 0. The van der Waals surface area contributed by atoms with E-state index < -0.39 is 0 Å². The molecule has 1 saturated heterocycles. The topological polar surface area (TPSA) is 29.3 Å². The molecule has 0 aliphatic carbocycles. The first-order chi connectivity index (χ1) is 7.12. The molecule has 2 rings (SSSR count). The molecule has 0 saturated carbocycles. The Hall–Kier alpha value is -0.380. The maximum atomic E-state index is 6.37. The molecular weight excluding hydrogens is 204 g/mol. The summed E-state index contributed by atoms with van der Waals surface area (Å²) in [5, 5.41) is 2.11. The third kappa shape index (κ3) is 2.10. The highest BCUT2D eigenvalue weighted by atomic mass is 32.1. The standard InChI is InChI=1S/C12H20N2S/c1-12(2,14-7-3-4-8-14)11(13)10-6-5-9-15-10/h5-6,9,11H,3-4,7-8,13H2,1-2H3. The molecule has 0 spiro atoms. The van der Waals surface area contributed by atoms with Gasteiger partial charge in [-0.3, -0.25) is 4.90 Å². The number of thiophene rings is 1. The van der Waals surface area contributed by atoms with E-state index in [2.05, 4.69) is 36.3 Å². The zero-order chi connectivity index (χ0) is 10.9. The molecule has 1 fully saturated rings. The second-order valence-electron chi connectivity index (χ2n) is 4.84. The van der Waals surface area contributed by atoms with Gasteiger partial charge in [0, 0.05) is 10.4 Å². The minimum absolute atomic E-state index is 0.0847. The number of likely N-dealkylation sites (tertiary alicyclic amines) is 1. The van der Waals surface area contributed by atoms with Gasteiger partial charge in [-0.15, -0.1) is 11.3 Å². The zero-order valence-electron chi connectivity index (χ0n) is 9.57. The van der Waals surface area contributed by atoms with Crippen LogP contribution in [0.4, 0.5) is 0 Å². The van der Waals surface area contributed by atoms with Crippen LogP contribution in [0.15, 0.2) is 17.5 Å². The predicted molar refractivity (Wildman–Crippen MR) is 66.1 cm³/mol. The van der Waals surface area contributed by atoms with E-state index in [1.54, 1.807) is 11.3 Å². The van der Waals surface area contributed by atoms with Crippen molar-refractivity contribution in [2.24, 2.45) is 5.73 Å². The van der Waals surface area contributed by atoms with Crippen molar-refractivity contribution in [3.8, 4) is 0 Å². The van der Waals surface area contributed by atoms with Crippen molar-refractivity contribution in [1.29, 1.82) is 0 Å². The van der Waals surface area contributed by atoms with E-state index in [1.165, 1.54) is 30.8 Å². The molecule has 3 heteroatoms. The van der Waals surface area contributed by atoms with Gasteiger partial charge in [0.2, 0.25) is 0 Å². The molecule has 1 aliphatic rings. The van der Waals surface area contributed by atoms with Crippen molar-refractivity contribution in [3.05, 3.63) is 22.4 Å². The van der Waals surface area contributed by atoms with Crippen LogP contribution in [0.1, 0.15) is 37.6 Å². The molecule has 1 aromatic rings. The van der Waals surface area contributed by atoms with E-state index in [1.807, 2.05) is 0 Å². The average Bonchev–Trinajstić information content (AvgIpc) is 2.89. The lowest BCUT2D eigenvalue weighted by atomic mass is 9.92. The molecular formula is C12H20N2S. The summed E-state index contributed by atoms with van der Waals surface area (Å²) in [6.45, 7) is 6.93. The largest absolute Gasteiger partial charge is 0.322 e. The van der Waals surface area contributed by atoms with Gasteiger partial charge in [-0.2, -0.15) is 0 Å². The van der Waals surface area contributed by atoms with Crippen LogP contribution in [0.2, 0.25) is 0 Å². The monoisotopic (exact) mass is 224 g/mol. The van der Waals surface area contributed by atoms with Crippen molar-refractivity contribution in [3.63, 3.8) is 0 Å². The lowest BCUT2D eigenvalue weighted by molar-refractivity contribution is 0.125. The molecule has 0 amide bonds. The van der Waals surface area contributed by atoms with Gasteiger partial charge in [-0.1, -0.05) is 6.07 Å². The Bertz CT molecular complexity index is 299. The Morgan fingerprint density at radius 2 is 2.07 bits per heavy atom. The van der Waals surface area contributed by atoms with Gasteiger partial charge in [0.25, 0.3) is 0 Å². The van der Waals surface area contributed by atoms with Crippen LogP contribution >= 0.6 is 11.3 Å². The van der Waals surface area contributed by atoms with Crippen molar-refractivity contribution < 1.29 is 0 Å². The van der Waals surface area contributed by atoms with Gasteiger partial charge in [0.15, 0.2) is 0 Å². The number of rotatable bonds is 3. The molecule has 0 radical (unpaired) electrons. The summed E-state index contributed by atoms with van der Waals surface area (Å²) in [6.07, 6.45) is 2.64. The minimum Gasteiger partial charge on any atom is -0.322 e. The van der Waals surface area contributed by atoms with Crippen LogP contribution in [0.3, 0.4) is 0 Å². The van der Waals surface area contributed by atoms with Gasteiger partial charge in [-0.25, -0.2) is 0 Å². The number of nitrogens with two attached hydrogens (primary N) is 1. The fraction of sp³-hybridized carbons (Fsp3) is 0.667. The zero-order valence-corrected chi connectivity index (χ0v) is 10.4. The van der Waals surface area contributed by atoms with Gasteiger partial charge >= 0.3 is 0 Å². The average molecular weight is 224 g/mol. The highest BCUT2D eigenvalue weighted by Gasteiger charge is 2.35. The van der Waals surface area contributed by atoms with Crippen LogP contribution in [0.5, 0.6) is 0 Å². The molecule has 2 nitrogen and oxygen atoms in total. The number of hydrogen-bond donors (Lipinski definition) is 1. The predicted octanol–water partition coefficient (Wildman–Crippen LogP) is 2.62. The van der Waals surface area contributed by atoms with E-state index >= 15 is 0 Å². The first-order valence-electron chi connectivity index (χ1n) is 5.66. The van der Waals surface area contributed by atoms with Crippen LogP contribution in [-0.4, -0.2) is 23.5 Å². The van der Waals surface area contributed by atoms with Crippen LogP contribution in [0, 0.1) is 0 Å². The lowest BCUT2D eigenvalue weighted by Gasteiger charge is -2.40. The third-order valence-corrected chi connectivity index (χ3v) is 4.49. The molecule has 84 valence electrons. The Morgan fingerprint density at radius 3 is 2.60 bits per heavy atom. The fourth-order valence-corrected chi connectivity index (χ4v) is 3.21. The van der Waals surface area contributed by atoms with Gasteiger partial charge in [0.1, 0.15) is 0 Å². The van der Waals surface area contributed by atoms with E-state index in [0.29, 0.717) is 0 Å². The normalized spacial score (nSPS) is 20.7. The van der Waals surface area contributed by atoms with Crippen molar-refractivity contribution in [2.75, 3.05) is 13.1 Å². The smallest absolute Gasteiger partial charge is 0.0571 e. The SMILES string of the molecule is CC(C)(C(N)c1cccs1)N1CCCC1. The molecule has 15 heavy (non-hydrogen) atoms. The summed E-state index contributed by atoms with van der Waals surface area (Å²) in [4.78, 5) is 3.82. The quantitative estimate of drug-likeness (QED) is 0.855. The molecule has 2 heterocycles. The Balaban J connectivity index is 2.13. The summed E-state index contributed by atoms with van der Waals surface area (Å²) < 4.78 is 0. The molecule has 2 N–H and O–H groups in total. The highest BCUT2D eigenvalue weighted by Crippen LogP contribution is 2.33. The van der Waals surface area contributed by atoms with Crippen LogP contribution < -0.4 is 5.73 Å². The maximum absolute atomic E-state index is 6.37. The van der Waals surface area contributed by atoms with Gasteiger partial charge < -0.3 is 5.73 Å². The Kier molecular flexibility index (Phi) is 3.14. The summed E-state index contributed by atoms with van der Waals surface area (Å²) >= 11 is 1.77. The maximum Gasteiger partial charge on any atom is 0.0571 e. The number of hydrogen-bond acceptors (Lipinski definition) is 3. The molecule has 1 aromatic heterocycles. The summed E-state index contributed by atoms with van der Waals surface area (Å²) in [7, 11) is 0. The molecule has 0 bridgehead atoms. The van der Waals surface area contributed by atoms with Crippen molar-refractivity contribution >= 4 is 11.3 Å². The van der Waals surface area contributed by atoms with E-state index in [4.69, 9.17) is 5.73 Å². The lowest BCUT2D eigenvalue weighted by Crippen LogP contribution is -2.49. The van der Waals surface area contributed by atoms with Crippen LogP contribution in [0.25, 0.3) is 0 Å². The number of nitrogens with zero attached hydrogens (tertiary/aromatic N) is 1. The minimum atomic E-state index is 0.0847. The fourth-order valence-electron chi connectivity index (χ4n) is 2.31. The third-order valence-electron chi connectivity index (χ3n) is 3.53. The van der Waals surface area contributed by atoms with E-state index in [9.17, 15) is 0 Å². The molecule has 1 unspecified atom stereocenters. The highest BCUT2D eigenvalue weighted by molar-refractivity contribution is 7.10. The molecule has 0 aromatic carbocycles. The first-order valence-corrected chi connectivity index (χ1v) is 6.54. The second kappa shape index (κ2) is 4.24. The van der Waals surface area contributed by atoms with Crippen molar-refractivity contribution in [1.82, 2.24) is 4.90 Å². The molecule has 1 atom stereocenters. The Labute approximate surface area is 96.1 Å². The Morgan fingerprint density at radius 1 is 1.40 bits per heavy atom. The van der Waals surface area contributed by atoms with E-state index in [0.717, 1.165) is 0 Å². The van der Waals surface area contributed by atoms with Gasteiger partial charge in [-0.05, 0) is 51.2 Å². The second-order valence-corrected chi connectivity index (χ2v) is 5.82. The van der Waals surface area contributed by atoms with Crippen LogP contribution in [-0.2, 0) is 0 Å². The van der Waals surface area contributed by atoms with E-state index in [-0.39, 0.29) is 11.6 Å². The first kappa shape index (κ1) is 11.1. The molecule has 1 aliphatic heterocycles. The summed E-state index contributed by atoms with van der Waals surface area (Å²) in [5.41, 5.74) is 6.45.